The Bertz CT molecular complexity index is 264. The molecule has 1 N–H and O–H groups in total. The molecule has 0 bridgehead atoms. The van der Waals surface area contributed by atoms with E-state index < -0.39 is 0 Å². The smallest absolute Gasteiger partial charge is 0.0707 e. The van der Waals surface area contributed by atoms with Gasteiger partial charge in [0, 0.05) is 19.1 Å². The Kier molecular flexibility index (Phi) is 6.75. The van der Waals surface area contributed by atoms with Gasteiger partial charge < -0.3 is 19.9 Å². The number of likely N-dealkylation sites (tertiary alicyclic amines) is 1. The Morgan fingerprint density at radius 1 is 1.10 bits per heavy atom. The second-order valence-corrected chi connectivity index (χ2v) is 6.66. The van der Waals surface area contributed by atoms with Crippen LogP contribution in [0.5, 0.6) is 0 Å². The van der Waals surface area contributed by atoms with Crippen LogP contribution >= 0.6 is 0 Å². The molecule has 2 aliphatic heterocycles. The van der Waals surface area contributed by atoms with E-state index in [9.17, 15) is 0 Å². The quantitative estimate of drug-likeness (QED) is 0.718. The van der Waals surface area contributed by atoms with Crippen LogP contribution in [0.1, 0.15) is 39.0 Å². The highest BCUT2D eigenvalue weighted by Crippen LogP contribution is 2.22. The molecule has 2 rings (SSSR count). The molecule has 0 aromatic heterocycles. The van der Waals surface area contributed by atoms with Gasteiger partial charge in [-0.3, -0.25) is 0 Å². The molecule has 0 aliphatic carbocycles. The minimum absolute atomic E-state index is 0.450. The van der Waals surface area contributed by atoms with Crippen molar-refractivity contribution in [3.63, 3.8) is 0 Å². The lowest BCUT2D eigenvalue weighted by Gasteiger charge is -2.36. The first kappa shape index (κ1) is 16.2. The van der Waals surface area contributed by atoms with Crippen molar-refractivity contribution in [1.29, 1.82) is 0 Å². The average Bonchev–Trinajstić information content (AvgIpc) is 2.87. The topological polar surface area (TPSA) is 27.7 Å². The highest BCUT2D eigenvalue weighted by atomic mass is 16.5. The predicted molar refractivity (Wildman–Crippen MR) is 84.2 cm³/mol. The van der Waals surface area contributed by atoms with Gasteiger partial charge in [-0.2, -0.15) is 0 Å². The van der Waals surface area contributed by atoms with Gasteiger partial charge in [-0.25, -0.2) is 0 Å². The molecule has 2 atom stereocenters. The zero-order valence-electron chi connectivity index (χ0n) is 13.6. The maximum atomic E-state index is 6.17. The van der Waals surface area contributed by atoms with Crippen LogP contribution in [0.2, 0.25) is 0 Å². The first-order valence-electron chi connectivity index (χ1n) is 8.44. The van der Waals surface area contributed by atoms with Gasteiger partial charge in [-0.15, -0.1) is 0 Å². The zero-order valence-corrected chi connectivity index (χ0v) is 13.6. The molecular formula is C16H33N3O. The molecule has 2 heterocycles. The number of nitrogens with one attached hydrogen (secondary N) is 1. The molecule has 4 nitrogen and oxygen atoms in total. The Morgan fingerprint density at radius 2 is 1.80 bits per heavy atom. The van der Waals surface area contributed by atoms with Crippen molar-refractivity contribution in [1.82, 2.24) is 15.1 Å². The number of hydrogen-bond acceptors (Lipinski definition) is 4. The lowest BCUT2D eigenvalue weighted by Crippen LogP contribution is -2.44. The Balaban J connectivity index is 1.61. The van der Waals surface area contributed by atoms with Crippen LogP contribution in [0.15, 0.2) is 0 Å². The summed E-state index contributed by atoms with van der Waals surface area (Å²) in [5, 5.41) is 3.48. The second-order valence-electron chi connectivity index (χ2n) is 6.66. The fourth-order valence-electron chi connectivity index (χ4n) is 3.41. The third-order valence-electron chi connectivity index (χ3n) is 4.74. The standard InChI is InChI=1S/C16H33N3O/c1-4-9-17-12-15-5-6-16(20-15)13-19-10-7-14(8-11-19)18(2)3/h14-17H,4-13H2,1-3H3. The summed E-state index contributed by atoms with van der Waals surface area (Å²) >= 11 is 0. The van der Waals surface area contributed by atoms with Gasteiger partial charge >= 0.3 is 0 Å². The lowest BCUT2D eigenvalue weighted by atomic mass is 10.0. The number of nitrogens with zero attached hydrogens (tertiary/aromatic N) is 2. The van der Waals surface area contributed by atoms with Crippen LogP contribution in [0.25, 0.3) is 0 Å². The SMILES string of the molecule is CCCNCC1CCC(CN2CCC(N(C)C)CC2)O1. The minimum atomic E-state index is 0.450. The summed E-state index contributed by atoms with van der Waals surface area (Å²) in [7, 11) is 4.41. The number of hydrogen-bond donors (Lipinski definition) is 1. The van der Waals surface area contributed by atoms with E-state index in [4.69, 9.17) is 4.74 Å². The molecule has 2 unspecified atom stereocenters. The molecule has 20 heavy (non-hydrogen) atoms. The lowest BCUT2D eigenvalue weighted by molar-refractivity contribution is 0.0150. The molecule has 2 aliphatic rings. The van der Waals surface area contributed by atoms with Gasteiger partial charge in [0.15, 0.2) is 0 Å². The van der Waals surface area contributed by atoms with Crippen molar-refractivity contribution in [3.05, 3.63) is 0 Å². The summed E-state index contributed by atoms with van der Waals surface area (Å²) in [6.07, 6.45) is 7.21. The molecule has 2 saturated heterocycles. The molecular weight excluding hydrogens is 250 g/mol. The normalized spacial score (nSPS) is 29.4. The van der Waals surface area contributed by atoms with Crippen molar-refractivity contribution in [2.75, 3.05) is 46.8 Å². The van der Waals surface area contributed by atoms with Gasteiger partial charge in [-0.1, -0.05) is 6.92 Å². The summed E-state index contributed by atoms with van der Waals surface area (Å²) in [4.78, 5) is 4.98. The van der Waals surface area contributed by atoms with Gasteiger partial charge in [0.2, 0.25) is 0 Å². The van der Waals surface area contributed by atoms with Crippen molar-refractivity contribution >= 4 is 0 Å². The molecule has 0 spiro atoms. The predicted octanol–water partition coefficient (Wildman–Crippen LogP) is 1.56. The van der Waals surface area contributed by atoms with E-state index in [1.165, 1.54) is 45.2 Å². The number of rotatable bonds is 7. The van der Waals surface area contributed by atoms with Gasteiger partial charge in [-0.05, 0) is 65.8 Å². The molecule has 0 amide bonds. The highest BCUT2D eigenvalue weighted by Gasteiger charge is 2.28. The van der Waals surface area contributed by atoms with E-state index in [0.717, 1.165) is 25.7 Å². The Morgan fingerprint density at radius 3 is 2.45 bits per heavy atom. The molecule has 4 heteroatoms. The molecule has 0 aromatic rings. The molecule has 0 saturated carbocycles. The number of piperidine rings is 1. The molecule has 0 radical (unpaired) electrons. The fraction of sp³-hybridized carbons (Fsp3) is 1.00. The first-order chi connectivity index (χ1) is 9.69. The largest absolute Gasteiger partial charge is 0.372 e. The molecule has 118 valence electrons. The van der Waals surface area contributed by atoms with Crippen LogP contribution < -0.4 is 5.32 Å². The van der Waals surface area contributed by atoms with Crippen molar-refractivity contribution in [2.24, 2.45) is 0 Å². The van der Waals surface area contributed by atoms with Crippen LogP contribution in [-0.4, -0.2) is 74.9 Å². The van der Waals surface area contributed by atoms with E-state index >= 15 is 0 Å². The van der Waals surface area contributed by atoms with Crippen LogP contribution in [0.3, 0.4) is 0 Å². The summed E-state index contributed by atoms with van der Waals surface area (Å²) in [5.74, 6) is 0. The first-order valence-corrected chi connectivity index (χ1v) is 8.44. The highest BCUT2D eigenvalue weighted by molar-refractivity contribution is 4.82. The van der Waals surface area contributed by atoms with E-state index in [0.29, 0.717) is 12.2 Å². The second kappa shape index (κ2) is 8.32. The van der Waals surface area contributed by atoms with E-state index in [1.807, 2.05) is 0 Å². The van der Waals surface area contributed by atoms with E-state index in [1.54, 1.807) is 0 Å². The van der Waals surface area contributed by atoms with Crippen LogP contribution in [0, 0.1) is 0 Å². The van der Waals surface area contributed by atoms with Crippen LogP contribution in [-0.2, 0) is 4.74 Å². The third kappa shape index (κ3) is 4.99. The van der Waals surface area contributed by atoms with Crippen molar-refractivity contribution in [3.8, 4) is 0 Å². The monoisotopic (exact) mass is 283 g/mol. The fourth-order valence-corrected chi connectivity index (χ4v) is 3.41. The third-order valence-corrected chi connectivity index (χ3v) is 4.74. The number of ether oxygens (including phenoxy) is 1. The molecule has 0 aromatic carbocycles. The summed E-state index contributed by atoms with van der Waals surface area (Å²) < 4.78 is 6.17. The maximum absolute atomic E-state index is 6.17. The minimum Gasteiger partial charge on any atom is -0.372 e. The summed E-state index contributed by atoms with van der Waals surface area (Å²) in [6, 6.07) is 0.779. The van der Waals surface area contributed by atoms with Gasteiger partial charge in [0.1, 0.15) is 0 Å². The maximum Gasteiger partial charge on any atom is 0.0707 e. The Labute approximate surface area is 124 Å². The van der Waals surface area contributed by atoms with E-state index in [-0.39, 0.29) is 0 Å². The Hall–Kier alpha value is -0.160. The zero-order chi connectivity index (χ0) is 14.4. The summed E-state index contributed by atoms with van der Waals surface area (Å²) in [5.41, 5.74) is 0. The summed E-state index contributed by atoms with van der Waals surface area (Å²) in [6.45, 7) is 7.98. The molecule has 2 fully saturated rings. The average molecular weight is 283 g/mol. The van der Waals surface area contributed by atoms with Gasteiger partial charge in [0.05, 0.1) is 12.2 Å². The van der Waals surface area contributed by atoms with E-state index in [2.05, 4.69) is 36.1 Å². The van der Waals surface area contributed by atoms with Crippen LogP contribution in [0.4, 0.5) is 0 Å². The van der Waals surface area contributed by atoms with Crippen molar-refractivity contribution < 1.29 is 4.74 Å². The van der Waals surface area contributed by atoms with Gasteiger partial charge in [0.25, 0.3) is 0 Å². The van der Waals surface area contributed by atoms with Crippen molar-refractivity contribution in [2.45, 2.75) is 57.3 Å².